The van der Waals surface area contributed by atoms with Crippen molar-refractivity contribution >= 4 is 29.1 Å². The summed E-state index contributed by atoms with van der Waals surface area (Å²) in [7, 11) is 1.54. The van der Waals surface area contributed by atoms with Crippen molar-refractivity contribution < 1.29 is 24.2 Å². The lowest BCUT2D eigenvalue weighted by Gasteiger charge is -2.26. The van der Waals surface area contributed by atoms with Gasteiger partial charge in [0.1, 0.15) is 17.3 Å². The van der Waals surface area contributed by atoms with Gasteiger partial charge in [0.15, 0.2) is 0 Å². The van der Waals surface area contributed by atoms with Crippen LogP contribution in [-0.4, -0.2) is 34.9 Å². The van der Waals surface area contributed by atoms with Crippen molar-refractivity contribution in [2.45, 2.75) is 32.5 Å². The summed E-state index contributed by atoms with van der Waals surface area (Å²) in [6, 6.07) is 20.2. The van der Waals surface area contributed by atoms with E-state index in [1.807, 2.05) is 38.1 Å². The van der Waals surface area contributed by atoms with E-state index in [-0.39, 0.29) is 24.0 Å². The van der Waals surface area contributed by atoms with Crippen LogP contribution < -0.4 is 9.47 Å². The first-order valence-electron chi connectivity index (χ1n) is 11.2. The van der Waals surface area contributed by atoms with Gasteiger partial charge in [-0.3, -0.25) is 9.59 Å². The number of likely N-dealkylation sites (tertiary alicyclic amines) is 1. The highest BCUT2D eigenvalue weighted by Crippen LogP contribution is 2.41. The average molecular weight is 492 g/mol. The minimum absolute atomic E-state index is 0.0000970. The molecule has 7 heteroatoms. The SMILES string of the molecule is COc1cccc(C2/C(=C(/O)c3cccc(Cl)c3)C(=O)C(=O)N2Cc2cccc(OC(C)C)c2)c1. The summed E-state index contributed by atoms with van der Waals surface area (Å²) in [6.07, 6.45) is -0.00559. The number of carbonyl (C=O) groups is 2. The number of aliphatic hydroxyl groups is 1. The molecule has 1 aliphatic heterocycles. The molecule has 35 heavy (non-hydrogen) atoms. The Hall–Kier alpha value is -3.77. The number of hydrogen-bond donors (Lipinski definition) is 1. The van der Waals surface area contributed by atoms with E-state index < -0.39 is 17.7 Å². The van der Waals surface area contributed by atoms with Crippen molar-refractivity contribution in [2.24, 2.45) is 0 Å². The van der Waals surface area contributed by atoms with Gasteiger partial charge in [-0.25, -0.2) is 0 Å². The van der Waals surface area contributed by atoms with Crippen LogP contribution in [0.15, 0.2) is 78.4 Å². The van der Waals surface area contributed by atoms with E-state index in [2.05, 4.69) is 0 Å². The molecule has 6 nitrogen and oxygen atoms in total. The molecule has 0 aliphatic carbocycles. The van der Waals surface area contributed by atoms with Crippen LogP contribution in [0.25, 0.3) is 5.76 Å². The first kappa shape index (κ1) is 24.4. The number of aliphatic hydroxyl groups excluding tert-OH is 1. The second kappa shape index (κ2) is 10.2. The van der Waals surface area contributed by atoms with Gasteiger partial charge < -0.3 is 19.5 Å². The molecule has 1 atom stereocenters. The number of benzene rings is 3. The van der Waals surface area contributed by atoms with E-state index in [1.54, 1.807) is 55.6 Å². The highest BCUT2D eigenvalue weighted by atomic mass is 35.5. The summed E-state index contributed by atoms with van der Waals surface area (Å²) in [5, 5.41) is 11.6. The van der Waals surface area contributed by atoms with Gasteiger partial charge in [-0.05, 0) is 61.4 Å². The van der Waals surface area contributed by atoms with Crippen molar-refractivity contribution in [1.82, 2.24) is 4.90 Å². The second-order valence-electron chi connectivity index (χ2n) is 8.53. The molecule has 1 heterocycles. The quantitative estimate of drug-likeness (QED) is 0.258. The first-order valence-corrected chi connectivity index (χ1v) is 11.6. The van der Waals surface area contributed by atoms with Crippen molar-refractivity contribution in [3.8, 4) is 11.5 Å². The number of carbonyl (C=O) groups excluding carboxylic acids is 2. The van der Waals surface area contributed by atoms with Crippen LogP contribution >= 0.6 is 11.6 Å². The molecular weight excluding hydrogens is 466 g/mol. The molecular formula is C28H26ClNO5. The van der Waals surface area contributed by atoms with Crippen LogP contribution in [-0.2, 0) is 16.1 Å². The maximum atomic E-state index is 13.3. The number of nitrogens with zero attached hydrogens (tertiary/aromatic N) is 1. The Morgan fingerprint density at radius 2 is 1.71 bits per heavy atom. The highest BCUT2D eigenvalue weighted by Gasteiger charge is 2.46. The van der Waals surface area contributed by atoms with E-state index in [0.29, 0.717) is 27.6 Å². The fraction of sp³-hybridized carbons (Fsp3) is 0.214. The van der Waals surface area contributed by atoms with Gasteiger partial charge in [0.25, 0.3) is 11.7 Å². The zero-order valence-corrected chi connectivity index (χ0v) is 20.5. The molecule has 3 aromatic rings. The largest absolute Gasteiger partial charge is 0.507 e. The standard InChI is InChI=1S/C28H26ClNO5/c1-17(2)35-23-12-4-7-18(13-23)16-30-25(19-8-6-11-22(15-19)34-3)24(27(32)28(30)33)26(31)20-9-5-10-21(29)14-20/h4-15,17,25,31H,16H2,1-3H3/b26-24-. The van der Waals surface area contributed by atoms with Gasteiger partial charge in [0.2, 0.25) is 0 Å². The molecule has 0 saturated carbocycles. The lowest BCUT2D eigenvalue weighted by atomic mass is 9.95. The molecule has 0 radical (unpaired) electrons. The molecule has 180 valence electrons. The third-order valence-corrected chi connectivity index (χ3v) is 5.91. The molecule has 1 N–H and O–H groups in total. The summed E-state index contributed by atoms with van der Waals surface area (Å²) in [5.41, 5.74) is 1.79. The third-order valence-electron chi connectivity index (χ3n) is 5.67. The number of ether oxygens (including phenoxy) is 2. The normalized spacial score (nSPS) is 17.2. The van der Waals surface area contributed by atoms with Gasteiger partial charge in [0.05, 0.1) is 24.8 Å². The van der Waals surface area contributed by atoms with E-state index in [1.165, 1.54) is 4.90 Å². The van der Waals surface area contributed by atoms with E-state index in [9.17, 15) is 14.7 Å². The van der Waals surface area contributed by atoms with Crippen LogP contribution in [0.4, 0.5) is 0 Å². The zero-order valence-electron chi connectivity index (χ0n) is 19.7. The number of hydrogen-bond acceptors (Lipinski definition) is 5. The average Bonchev–Trinajstić information content (AvgIpc) is 3.08. The van der Waals surface area contributed by atoms with Gasteiger partial charge in [-0.15, -0.1) is 0 Å². The molecule has 0 aromatic heterocycles. The molecule has 1 unspecified atom stereocenters. The van der Waals surface area contributed by atoms with Crippen LogP contribution in [0.2, 0.25) is 5.02 Å². The summed E-state index contributed by atoms with van der Waals surface area (Å²) >= 11 is 6.12. The molecule has 1 saturated heterocycles. The maximum Gasteiger partial charge on any atom is 0.295 e. The summed E-state index contributed by atoms with van der Waals surface area (Å²) in [4.78, 5) is 28.0. The number of ketones is 1. The number of rotatable bonds is 7. The van der Waals surface area contributed by atoms with Crippen molar-refractivity contribution in [2.75, 3.05) is 7.11 Å². The van der Waals surface area contributed by atoms with Gasteiger partial charge in [-0.2, -0.15) is 0 Å². The fourth-order valence-electron chi connectivity index (χ4n) is 4.18. The lowest BCUT2D eigenvalue weighted by Crippen LogP contribution is -2.29. The number of amides is 1. The van der Waals surface area contributed by atoms with E-state index in [4.69, 9.17) is 21.1 Å². The summed E-state index contributed by atoms with van der Waals surface area (Å²) in [5.74, 6) is -0.492. The van der Waals surface area contributed by atoms with E-state index >= 15 is 0 Å². The second-order valence-corrected chi connectivity index (χ2v) is 8.96. The molecule has 1 fully saturated rings. The highest BCUT2D eigenvalue weighted by molar-refractivity contribution is 6.46. The molecule has 4 rings (SSSR count). The van der Waals surface area contributed by atoms with Gasteiger partial charge in [0, 0.05) is 17.1 Å². The topological polar surface area (TPSA) is 76.1 Å². The minimum atomic E-state index is -0.821. The lowest BCUT2D eigenvalue weighted by molar-refractivity contribution is -0.140. The minimum Gasteiger partial charge on any atom is -0.507 e. The smallest absolute Gasteiger partial charge is 0.295 e. The van der Waals surface area contributed by atoms with Crippen molar-refractivity contribution in [3.05, 3.63) is 100 Å². The van der Waals surface area contributed by atoms with E-state index in [0.717, 1.165) is 5.56 Å². The predicted octanol–water partition coefficient (Wildman–Crippen LogP) is 5.76. The maximum absolute atomic E-state index is 13.3. The molecule has 1 amide bonds. The Balaban J connectivity index is 1.83. The monoisotopic (exact) mass is 491 g/mol. The van der Waals surface area contributed by atoms with Gasteiger partial charge >= 0.3 is 0 Å². The summed E-state index contributed by atoms with van der Waals surface area (Å²) < 4.78 is 11.2. The van der Waals surface area contributed by atoms with Crippen LogP contribution in [0.5, 0.6) is 11.5 Å². The molecule has 3 aromatic carbocycles. The summed E-state index contributed by atoms with van der Waals surface area (Å²) in [6.45, 7) is 4.02. The molecule has 1 aliphatic rings. The Bertz CT molecular complexity index is 1300. The number of Topliss-reactive ketones (excluding diaryl/α,β-unsaturated/α-hetero) is 1. The number of halogens is 1. The number of methoxy groups -OCH3 is 1. The van der Waals surface area contributed by atoms with Crippen LogP contribution in [0.3, 0.4) is 0 Å². The van der Waals surface area contributed by atoms with Crippen LogP contribution in [0, 0.1) is 0 Å². The fourth-order valence-corrected chi connectivity index (χ4v) is 4.37. The molecule has 0 spiro atoms. The van der Waals surface area contributed by atoms with Crippen molar-refractivity contribution in [1.29, 1.82) is 0 Å². The Labute approximate surface area is 209 Å². The Morgan fingerprint density at radius 1 is 1.00 bits per heavy atom. The van der Waals surface area contributed by atoms with Gasteiger partial charge in [-0.1, -0.05) is 48.0 Å². The predicted molar refractivity (Wildman–Crippen MR) is 134 cm³/mol. The Morgan fingerprint density at radius 3 is 2.43 bits per heavy atom. The first-order chi connectivity index (χ1) is 16.8. The zero-order chi connectivity index (χ0) is 25.1. The van der Waals surface area contributed by atoms with Crippen LogP contribution in [0.1, 0.15) is 36.6 Å². The third kappa shape index (κ3) is 5.17. The Kier molecular flexibility index (Phi) is 7.12. The van der Waals surface area contributed by atoms with Crippen molar-refractivity contribution in [3.63, 3.8) is 0 Å². The molecule has 0 bridgehead atoms.